The second kappa shape index (κ2) is 8.71. The van der Waals surface area contributed by atoms with Gasteiger partial charge in [-0.15, -0.1) is 6.58 Å². The highest BCUT2D eigenvalue weighted by Gasteiger charge is 2.38. The van der Waals surface area contributed by atoms with Gasteiger partial charge in [0, 0.05) is 12.6 Å². The predicted molar refractivity (Wildman–Crippen MR) is 78.7 cm³/mol. The number of allylic oxidation sites excluding steroid dienone is 1. The maximum atomic E-state index is 6.44. The Hall–Kier alpha value is -0.340. The summed E-state index contributed by atoms with van der Waals surface area (Å²) in [5.41, 5.74) is 6.43. The van der Waals surface area contributed by atoms with Crippen LogP contribution in [0.2, 0.25) is 0 Å². The highest BCUT2D eigenvalue weighted by molar-refractivity contribution is 4.93. The minimum absolute atomic E-state index is 0.00850. The first kappa shape index (κ1) is 15.7. The first-order valence-electron chi connectivity index (χ1n) is 7.75. The van der Waals surface area contributed by atoms with Gasteiger partial charge in [-0.1, -0.05) is 38.2 Å². The van der Waals surface area contributed by atoms with E-state index in [1.807, 2.05) is 6.08 Å². The summed E-state index contributed by atoms with van der Waals surface area (Å²) in [7, 11) is 0. The van der Waals surface area contributed by atoms with Crippen LogP contribution >= 0.6 is 0 Å². The average Bonchev–Trinajstić information content (AvgIpc) is 2.39. The molecule has 106 valence electrons. The molecular formula is C16H31NO. The Morgan fingerprint density at radius 3 is 2.56 bits per heavy atom. The lowest BCUT2D eigenvalue weighted by molar-refractivity contribution is -0.0837. The minimum Gasteiger partial charge on any atom is -0.374 e. The van der Waals surface area contributed by atoms with E-state index in [1.54, 1.807) is 0 Å². The third-order valence-electron chi connectivity index (χ3n) is 4.23. The second-order valence-electron chi connectivity index (χ2n) is 5.59. The maximum Gasteiger partial charge on any atom is 0.0832 e. The molecule has 2 nitrogen and oxygen atoms in total. The number of ether oxygens (including phenoxy) is 1. The molecule has 0 bridgehead atoms. The monoisotopic (exact) mass is 253 g/mol. The lowest BCUT2D eigenvalue weighted by Gasteiger charge is -2.41. The maximum absolute atomic E-state index is 6.44. The van der Waals surface area contributed by atoms with E-state index in [-0.39, 0.29) is 11.6 Å². The lowest BCUT2D eigenvalue weighted by Crippen LogP contribution is -2.51. The zero-order chi connectivity index (χ0) is 13.3. The van der Waals surface area contributed by atoms with E-state index < -0.39 is 0 Å². The van der Waals surface area contributed by atoms with Crippen LogP contribution in [0.15, 0.2) is 12.7 Å². The molecule has 2 N–H and O–H groups in total. The van der Waals surface area contributed by atoms with Gasteiger partial charge in [0.15, 0.2) is 0 Å². The van der Waals surface area contributed by atoms with E-state index >= 15 is 0 Å². The summed E-state index contributed by atoms with van der Waals surface area (Å²) in [4.78, 5) is 0. The van der Waals surface area contributed by atoms with Crippen molar-refractivity contribution in [3.8, 4) is 0 Å². The molecule has 0 saturated heterocycles. The van der Waals surface area contributed by atoms with Gasteiger partial charge in [-0.05, 0) is 39.0 Å². The Kier molecular flexibility index (Phi) is 7.60. The molecule has 1 atom stereocenters. The van der Waals surface area contributed by atoms with Crippen molar-refractivity contribution in [2.75, 3.05) is 6.61 Å². The fraction of sp³-hybridized carbons (Fsp3) is 0.875. The summed E-state index contributed by atoms with van der Waals surface area (Å²) in [5, 5.41) is 0. The molecule has 1 unspecified atom stereocenters. The Balaban J connectivity index is 2.34. The van der Waals surface area contributed by atoms with Gasteiger partial charge in [0.25, 0.3) is 0 Å². The van der Waals surface area contributed by atoms with Crippen LogP contribution in [0.4, 0.5) is 0 Å². The molecule has 0 spiro atoms. The summed E-state index contributed by atoms with van der Waals surface area (Å²) in [6.07, 6.45) is 14.2. The van der Waals surface area contributed by atoms with Crippen LogP contribution in [0.25, 0.3) is 0 Å². The van der Waals surface area contributed by atoms with E-state index in [4.69, 9.17) is 10.5 Å². The van der Waals surface area contributed by atoms with E-state index in [2.05, 4.69) is 13.5 Å². The minimum atomic E-state index is -0.00850. The highest BCUT2D eigenvalue weighted by Crippen LogP contribution is 2.35. The zero-order valence-electron chi connectivity index (χ0n) is 12.1. The van der Waals surface area contributed by atoms with Gasteiger partial charge < -0.3 is 10.5 Å². The summed E-state index contributed by atoms with van der Waals surface area (Å²) in [5.74, 6) is 0. The van der Waals surface area contributed by atoms with Crippen LogP contribution in [0.5, 0.6) is 0 Å². The van der Waals surface area contributed by atoms with E-state index in [0.717, 1.165) is 32.3 Å². The molecule has 1 fully saturated rings. The van der Waals surface area contributed by atoms with E-state index in [9.17, 15) is 0 Å². The standard InChI is InChI=1S/C16H31NO/c1-3-5-6-7-9-12-15(17)16(18-4-2)13-10-8-11-14-16/h3,15H,1,4-14,17H2,2H3. The molecule has 1 aliphatic carbocycles. The molecule has 0 heterocycles. The van der Waals surface area contributed by atoms with Crippen molar-refractivity contribution in [2.24, 2.45) is 5.73 Å². The molecule has 0 radical (unpaired) electrons. The number of rotatable bonds is 9. The largest absolute Gasteiger partial charge is 0.374 e. The van der Waals surface area contributed by atoms with Gasteiger partial charge >= 0.3 is 0 Å². The third-order valence-corrected chi connectivity index (χ3v) is 4.23. The van der Waals surface area contributed by atoms with Crippen LogP contribution < -0.4 is 5.73 Å². The number of nitrogens with two attached hydrogens (primary N) is 1. The van der Waals surface area contributed by atoms with Crippen molar-refractivity contribution < 1.29 is 4.74 Å². The molecule has 18 heavy (non-hydrogen) atoms. The highest BCUT2D eigenvalue weighted by atomic mass is 16.5. The molecule has 1 saturated carbocycles. The van der Waals surface area contributed by atoms with Crippen molar-refractivity contribution in [3.05, 3.63) is 12.7 Å². The van der Waals surface area contributed by atoms with Crippen LogP contribution in [0, 0.1) is 0 Å². The summed E-state index contributed by atoms with van der Waals surface area (Å²) < 4.78 is 6.07. The number of hydrogen-bond acceptors (Lipinski definition) is 2. The predicted octanol–water partition coefficient (Wildman–Crippen LogP) is 4.19. The van der Waals surface area contributed by atoms with Crippen molar-refractivity contribution in [1.29, 1.82) is 0 Å². The summed E-state index contributed by atoms with van der Waals surface area (Å²) in [6.45, 7) is 6.64. The second-order valence-corrected chi connectivity index (χ2v) is 5.59. The summed E-state index contributed by atoms with van der Waals surface area (Å²) in [6, 6.07) is 0.224. The van der Waals surface area contributed by atoms with Gasteiger partial charge in [-0.3, -0.25) is 0 Å². The van der Waals surface area contributed by atoms with Gasteiger partial charge in [0.2, 0.25) is 0 Å². The van der Waals surface area contributed by atoms with E-state index in [0.29, 0.717) is 0 Å². The molecule has 0 aromatic heterocycles. The SMILES string of the molecule is C=CCCCCCC(N)C1(OCC)CCCCC1. The topological polar surface area (TPSA) is 35.2 Å². The van der Waals surface area contributed by atoms with Crippen LogP contribution in [-0.2, 0) is 4.74 Å². The molecule has 1 aliphatic rings. The van der Waals surface area contributed by atoms with Crippen molar-refractivity contribution in [2.45, 2.75) is 82.8 Å². The van der Waals surface area contributed by atoms with E-state index in [1.165, 1.54) is 38.5 Å². The first-order chi connectivity index (χ1) is 8.75. The zero-order valence-corrected chi connectivity index (χ0v) is 12.1. The molecule has 0 amide bonds. The lowest BCUT2D eigenvalue weighted by atomic mass is 9.77. The van der Waals surface area contributed by atoms with Gasteiger partial charge in [-0.25, -0.2) is 0 Å². The van der Waals surface area contributed by atoms with Crippen LogP contribution in [0.1, 0.15) is 71.1 Å². The fourth-order valence-corrected chi connectivity index (χ4v) is 3.15. The smallest absolute Gasteiger partial charge is 0.0832 e. The van der Waals surface area contributed by atoms with Crippen molar-refractivity contribution >= 4 is 0 Å². The number of hydrogen-bond donors (Lipinski definition) is 1. The van der Waals surface area contributed by atoms with Gasteiger partial charge in [0.05, 0.1) is 5.60 Å². The van der Waals surface area contributed by atoms with Crippen molar-refractivity contribution in [3.63, 3.8) is 0 Å². The van der Waals surface area contributed by atoms with Gasteiger partial charge in [-0.2, -0.15) is 0 Å². The van der Waals surface area contributed by atoms with Crippen LogP contribution in [0.3, 0.4) is 0 Å². The molecule has 0 aromatic rings. The normalized spacial score (nSPS) is 20.6. The molecule has 0 aromatic carbocycles. The summed E-state index contributed by atoms with van der Waals surface area (Å²) >= 11 is 0. The Labute approximate surface area is 113 Å². The van der Waals surface area contributed by atoms with Gasteiger partial charge in [0.1, 0.15) is 0 Å². The molecule has 0 aliphatic heterocycles. The Morgan fingerprint density at radius 2 is 1.94 bits per heavy atom. The number of unbranched alkanes of at least 4 members (excludes halogenated alkanes) is 3. The molecule has 1 rings (SSSR count). The quantitative estimate of drug-likeness (QED) is 0.494. The van der Waals surface area contributed by atoms with Crippen LogP contribution in [-0.4, -0.2) is 18.2 Å². The first-order valence-corrected chi connectivity index (χ1v) is 7.75. The third kappa shape index (κ3) is 4.74. The average molecular weight is 253 g/mol. The van der Waals surface area contributed by atoms with Crippen molar-refractivity contribution in [1.82, 2.24) is 0 Å². The Bertz CT molecular complexity index is 216. The Morgan fingerprint density at radius 1 is 1.22 bits per heavy atom. The fourth-order valence-electron chi connectivity index (χ4n) is 3.15. The molecular weight excluding hydrogens is 222 g/mol. The molecule has 2 heteroatoms.